The van der Waals surface area contributed by atoms with Gasteiger partial charge in [-0.25, -0.2) is 14.6 Å². The Morgan fingerprint density at radius 1 is 0.699 bits per heavy atom. The second-order valence-corrected chi connectivity index (χ2v) is 32.8. The van der Waals surface area contributed by atoms with E-state index in [0.29, 0.717) is 95.1 Å². The molecule has 13 rings (SSSR count). The Balaban J connectivity index is 0.681. The van der Waals surface area contributed by atoms with Crippen LogP contribution in [0.3, 0.4) is 0 Å². The molecule has 11 unspecified atom stereocenters. The second kappa shape index (κ2) is 25.3. The predicted molar refractivity (Wildman–Crippen MR) is 351 cm³/mol. The Bertz CT molecular complexity index is 3430. The van der Waals surface area contributed by atoms with Crippen molar-refractivity contribution in [3.63, 3.8) is 0 Å². The molecule has 8 N–H and O–H groups in total. The van der Waals surface area contributed by atoms with Crippen LogP contribution in [0, 0.1) is 92.7 Å². The van der Waals surface area contributed by atoms with Crippen LogP contribution in [0.25, 0.3) is 22.3 Å². The smallest absolute Gasteiger partial charge is 0.355 e. The van der Waals surface area contributed by atoms with Gasteiger partial charge in [-0.1, -0.05) is 73.6 Å². The number of aliphatic hydroxyl groups is 6. The summed E-state index contributed by atoms with van der Waals surface area (Å²) in [5.74, 6) is -0.317. The number of nitrogens with one attached hydrogen (secondary N) is 2. The molecular formula is C76H108N4O13. The lowest BCUT2D eigenvalue weighted by Gasteiger charge is -2.63. The van der Waals surface area contributed by atoms with E-state index in [0.717, 1.165) is 79.8 Å². The molecule has 8 aliphatic carbocycles. The summed E-state index contributed by atoms with van der Waals surface area (Å²) in [4.78, 5) is 77.4. The van der Waals surface area contributed by atoms with Crippen molar-refractivity contribution in [3.8, 4) is 11.4 Å². The number of rotatable bonds is 18. The number of aryl methyl sites for hydroxylation is 1. The third-order valence-electron chi connectivity index (χ3n) is 28.9. The van der Waals surface area contributed by atoms with Crippen molar-refractivity contribution in [1.82, 2.24) is 20.2 Å². The zero-order chi connectivity index (χ0) is 66.0. The van der Waals surface area contributed by atoms with Crippen LogP contribution in [-0.2, 0) is 53.8 Å². The number of aromatic nitrogens is 2. The minimum atomic E-state index is -2.01. The molecule has 17 heteroatoms. The van der Waals surface area contributed by atoms with Crippen LogP contribution in [0.2, 0.25) is 0 Å². The van der Waals surface area contributed by atoms with E-state index in [-0.39, 0.29) is 154 Å². The summed E-state index contributed by atoms with van der Waals surface area (Å²) in [5, 5.41) is 76.6. The molecule has 1 aromatic carbocycles. The van der Waals surface area contributed by atoms with Gasteiger partial charge in [-0.2, -0.15) is 0 Å². The van der Waals surface area contributed by atoms with Gasteiger partial charge in [-0.15, -0.1) is 0 Å². The molecule has 24 atom stereocenters. The van der Waals surface area contributed by atoms with Crippen LogP contribution in [0.1, 0.15) is 219 Å². The summed E-state index contributed by atoms with van der Waals surface area (Å²) in [6.45, 7) is 17.6. The van der Waals surface area contributed by atoms with Gasteiger partial charge in [0.15, 0.2) is 0 Å². The number of amides is 2. The van der Waals surface area contributed by atoms with E-state index in [9.17, 15) is 49.8 Å². The molecule has 0 radical (unpaired) electrons. The minimum absolute atomic E-state index is 0.00915. The summed E-state index contributed by atoms with van der Waals surface area (Å²) in [5.41, 5.74) is 1.16. The fourth-order valence-electron chi connectivity index (χ4n) is 23.6. The molecule has 0 saturated heterocycles. The number of aliphatic hydroxyl groups excluding tert-OH is 6. The number of cyclic esters (lactones) is 1. The number of carbonyl (C=O) groups excluding carboxylic acids is 4. The average molecular weight is 1290 g/mol. The molecule has 17 nitrogen and oxygen atoms in total. The largest absolute Gasteiger partial charge is 0.457 e. The SMILES string of the molecule is CCc1c2c(nc3ccccc13)-c1cc3c(c(=O)n1C2)COC(=O)[C@@]3(CC)OC(=O)C(CCCCNC(=O)CC[C@@H](C)C1CCC2C3C(C[C@H](O)[C@@]21C)[C@@]1(C)CC[C@@H](O)CC1C[C@H]3O)NC(=O)CC[C@@H](C)C1CCC2C3C(C[C@H](O)[C@@]21C)[C@@]1(C)CC[C@@H](O)CC1C[C@H]3O. The van der Waals surface area contributed by atoms with Gasteiger partial charge in [-0.3, -0.25) is 14.4 Å². The first-order valence-electron chi connectivity index (χ1n) is 36.5. The number of para-hydroxylation sites is 1. The highest BCUT2D eigenvalue weighted by Gasteiger charge is 2.68. The molecule has 2 aromatic heterocycles. The summed E-state index contributed by atoms with van der Waals surface area (Å²) in [7, 11) is 0. The van der Waals surface area contributed by atoms with E-state index in [1.165, 1.54) is 0 Å². The maximum Gasteiger partial charge on any atom is 0.355 e. The average Bonchev–Trinajstić information content (AvgIpc) is 1.69. The fraction of sp³-hybridized carbons (Fsp3) is 0.763. The molecule has 8 fully saturated rings. The number of pyridine rings is 2. The van der Waals surface area contributed by atoms with Crippen molar-refractivity contribution in [1.29, 1.82) is 0 Å². The maximum absolute atomic E-state index is 15.1. The number of esters is 2. The Kier molecular flexibility index (Phi) is 18.1. The lowest BCUT2D eigenvalue weighted by atomic mass is 9.43. The maximum atomic E-state index is 15.1. The van der Waals surface area contributed by atoms with Crippen LogP contribution < -0.4 is 16.2 Å². The first-order valence-corrected chi connectivity index (χ1v) is 36.5. The molecule has 8 saturated carbocycles. The zero-order valence-corrected chi connectivity index (χ0v) is 56.7. The van der Waals surface area contributed by atoms with E-state index < -0.39 is 53.4 Å². The van der Waals surface area contributed by atoms with Gasteiger partial charge in [0.25, 0.3) is 5.56 Å². The lowest BCUT2D eigenvalue weighted by Crippen LogP contribution is -2.62. The fourth-order valence-corrected chi connectivity index (χ4v) is 23.6. The molecule has 0 bridgehead atoms. The standard InChI is InChI=1S/C76H108N4O13/c1-9-46-47-15-11-12-16-57(47)79-68-48(46)38-80-59(68)35-54-49(69(80)89)39-92-71(91)76(54,10-2)93-70(90)58(78-65(88)25-19-41(4)51-21-23-53-67-56(37-63(86)75(51,53)8)73(6)29-27-45(82)32-43(73)34-61(67)84)17-13-14-30-77-64(87)24-18-40(3)50-20-22-52-66-55(36-62(85)74(50,52)7)72(5)28-26-44(81)31-42(72)33-60(66)83/h11-12,15-16,35,40-45,50-53,55-56,58,60-63,66-67,81-86H,9-10,13-14,17-34,36-39H2,1-8H3,(H,77,87)(H,78,88)/t40-,41-,42?,43?,44-,45-,50?,51?,52?,53?,55?,56?,58?,60-,61-,62+,63+,66?,67?,72+,73+,74-,75-,76+/m1/s1. The van der Waals surface area contributed by atoms with E-state index in [1.807, 2.05) is 24.3 Å². The van der Waals surface area contributed by atoms with Gasteiger partial charge in [0.05, 0.1) is 65.6 Å². The number of benzene rings is 1. The molecule has 93 heavy (non-hydrogen) atoms. The number of nitrogens with zero attached hydrogens (tertiary/aromatic N) is 2. The minimum Gasteiger partial charge on any atom is -0.457 e. The molecule has 2 amide bonds. The van der Waals surface area contributed by atoms with E-state index in [4.69, 9.17) is 14.5 Å². The molecule has 510 valence electrons. The van der Waals surface area contributed by atoms with Crippen molar-refractivity contribution < 1.29 is 59.3 Å². The Morgan fingerprint density at radius 3 is 1.84 bits per heavy atom. The first-order chi connectivity index (χ1) is 44.3. The van der Waals surface area contributed by atoms with Crippen LogP contribution >= 0.6 is 0 Å². The summed E-state index contributed by atoms with van der Waals surface area (Å²) < 4.78 is 13.9. The summed E-state index contributed by atoms with van der Waals surface area (Å²) in [6.07, 6.45) is 11.5. The highest BCUT2D eigenvalue weighted by molar-refractivity contribution is 5.91. The summed E-state index contributed by atoms with van der Waals surface area (Å²) >= 11 is 0. The van der Waals surface area contributed by atoms with Gasteiger partial charge in [-0.05, 0) is 245 Å². The number of unbranched alkanes of at least 4 members (excludes halogenated alkanes) is 1. The first kappa shape index (κ1) is 66.8. The van der Waals surface area contributed by atoms with E-state index >= 15 is 4.79 Å². The number of ether oxygens (including phenoxy) is 2. The third-order valence-corrected chi connectivity index (χ3v) is 28.9. The van der Waals surface area contributed by atoms with Crippen molar-refractivity contribution in [2.45, 2.75) is 264 Å². The normalized spacial score (nSPS) is 40.5. The molecule has 0 spiro atoms. The highest BCUT2D eigenvalue weighted by atomic mass is 16.6. The van der Waals surface area contributed by atoms with Crippen LogP contribution in [0.4, 0.5) is 0 Å². The summed E-state index contributed by atoms with van der Waals surface area (Å²) in [6, 6.07) is 8.44. The number of hydrogen-bond donors (Lipinski definition) is 8. The second-order valence-electron chi connectivity index (χ2n) is 32.8. The van der Waals surface area contributed by atoms with Crippen molar-refractivity contribution in [3.05, 3.63) is 62.9 Å². The van der Waals surface area contributed by atoms with Crippen LogP contribution in [0.15, 0.2) is 35.1 Å². The predicted octanol–water partition coefficient (Wildman–Crippen LogP) is 9.72. The third kappa shape index (κ3) is 10.9. The Morgan fingerprint density at radius 2 is 1.27 bits per heavy atom. The quantitative estimate of drug-likeness (QED) is 0.0341. The van der Waals surface area contributed by atoms with Gasteiger partial charge in [0.1, 0.15) is 12.6 Å². The molecule has 10 aliphatic rings. The Labute approximate surface area is 549 Å². The van der Waals surface area contributed by atoms with Crippen LogP contribution in [-0.4, -0.2) is 113 Å². The van der Waals surface area contributed by atoms with Gasteiger partial charge < -0.3 is 55.3 Å². The number of carbonyl (C=O) groups is 4. The Hall–Kier alpha value is -4.78. The van der Waals surface area contributed by atoms with Gasteiger partial charge in [0, 0.05) is 35.9 Å². The highest BCUT2D eigenvalue weighted by Crippen LogP contribution is 2.70. The molecule has 2 aliphatic heterocycles. The van der Waals surface area contributed by atoms with Crippen molar-refractivity contribution in [2.24, 2.45) is 92.7 Å². The van der Waals surface area contributed by atoms with Gasteiger partial charge >= 0.3 is 11.9 Å². The molecule has 3 aromatic rings. The van der Waals surface area contributed by atoms with Crippen molar-refractivity contribution >= 4 is 34.7 Å². The zero-order valence-electron chi connectivity index (χ0n) is 56.7. The van der Waals surface area contributed by atoms with Crippen molar-refractivity contribution in [2.75, 3.05) is 6.54 Å². The van der Waals surface area contributed by atoms with Gasteiger partial charge in [0.2, 0.25) is 17.4 Å². The van der Waals surface area contributed by atoms with E-state index in [1.54, 1.807) is 17.6 Å². The molecular weight excluding hydrogens is 1180 g/mol. The molecule has 4 heterocycles. The van der Waals surface area contributed by atoms with Crippen LogP contribution in [0.5, 0.6) is 0 Å². The topological polar surface area (TPSA) is 267 Å². The van der Waals surface area contributed by atoms with E-state index in [2.05, 4.69) is 59.1 Å². The number of hydrogen-bond acceptors (Lipinski definition) is 14. The monoisotopic (exact) mass is 1280 g/mol. The number of fused-ring (bicyclic) bond motifs is 15. The lowest BCUT2D eigenvalue weighted by molar-refractivity contribution is -0.207.